The molecule has 1 aliphatic rings. The van der Waals surface area contributed by atoms with Crippen molar-refractivity contribution in [3.63, 3.8) is 0 Å². The zero-order valence-corrected chi connectivity index (χ0v) is 11.0. The van der Waals surface area contributed by atoms with E-state index in [1.54, 1.807) is 24.5 Å². The summed E-state index contributed by atoms with van der Waals surface area (Å²) in [4.78, 5) is 17.9. The van der Waals surface area contributed by atoms with E-state index in [1.165, 1.54) is 0 Å². The number of pyridine rings is 1. The van der Waals surface area contributed by atoms with Gasteiger partial charge in [-0.15, -0.1) is 11.6 Å². The van der Waals surface area contributed by atoms with Crippen LogP contribution in [0.2, 0.25) is 0 Å². The summed E-state index contributed by atoms with van der Waals surface area (Å²) in [7, 11) is 0. The van der Waals surface area contributed by atoms with Crippen LogP contribution < -0.4 is 0 Å². The molecule has 5 heteroatoms. The molecule has 0 radical (unpaired) electrons. The van der Waals surface area contributed by atoms with Crippen molar-refractivity contribution in [2.24, 2.45) is 0 Å². The molecule has 0 spiro atoms. The van der Waals surface area contributed by atoms with Gasteiger partial charge < -0.3 is 9.64 Å². The number of carbonyl (C=O) groups is 1. The topological polar surface area (TPSA) is 42.4 Å². The summed E-state index contributed by atoms with van der Waals surface area (Å²) in [5.74, 6) is 0.601. The molecule has 2 heterocycles. The Morgan fingerprint density at radius 1 is 1.39 bits per heavy atom. The number of carbonyl (C=O) groups excluding carboxylic acids is 1. The Morgan fingerprint density at radius 2 is 2.06 bits per heavy atom. The number of likely N-dealkylation sites (tertiary alicyclic amines) is 1. The molecule has 0 saturated carbocycles. The summed E-state index contributed by atoms with van der Waals surface area (Å²) in [6, 6.07) is 3.50. The predicted octanol–water partition coefficient (Wildman–Crippen LogP) is 1.94. The molecule has 98 valence electrons. The monoisotopic (exact) mass is 268 g/mol. The van der Waals surface area contributed by atoms with Gasteiger partial charge in [0.1, 0.15) is 0 Å². The molecule has 0 aliphatic carbocycles. The van der Waals surface area contributed by atoms with Crippen molar-refractivity contribution < 1.29 is 9.53 Å². The largest absolute Gasteiger partial charge is 0.377 e. The third-order valence-corrected chi connectivity index (χ3v) is 3.24. The lowest BCUT2D eigenvalue weighted by molar-refractivity contribution is 0.0154. The summed E-state index contributed by atoms with van der Waals surface area (Å²) in [5, 5.41) is 0. The zero-order valence-electron chi connectivity index (χ0n) is 10.2. The SMILES string of the molecule is O=C(c1ccncc1)N1CCC(OCCCl)CC1. The number of hydrogen-bond acceptors (Lipinski definition) is 3. The molecule has 4 nitrogen and oxygen atoms in total. The van der Waals surface area contributed by atoms with Gasteiger partial charge in [-0.3, -0.25) is 9.78 Å². The average Bonchev–Trinajstić information content (AvgIpc) is 2.46. The van der Waals surface area contributed by atoms with Crippen LogP contribution in [0, 0.1) is 0 Å². The minimum absolute atomic E-state index is 0.0770. The smallest absolute Gasteiger partial charge is 0.253 e. The van der Waals surface area contributed by atoms with Gasteiger partial charge in [0.15, 0.2) is 0 Å². The van der Waals surface area contributed by atoms with Crippen molar-refractivity contribution in [2.45, 2.75) is 18.9 Å². The number of hydrogen-bond donors (Lipinski definition) is 0. The fourth-order valence-electron chi connectivity index (χ4n) is 2.11. The van der Waals surface area contributed by atoms with Gasteiger partial charge >= 0.3 is 0 Å². The van der Waals surface area contributed by atoms with Crippen molar-refractivity contribution in [1.29, 1.82) is 0 Å². The van der Waals surface area contributed by atoms with Gasteiger partial charge in [0.2, 0.25) is 0 Å². The van der Waals surface area contributed by atoms with Crippen molar-refractivity contribution in [1.82, 2.24) is 9.88 Å². The molecule has 0 unspecified atom stereocenters. The molecule has 0 aromatic carbocycles. The van der Waals surface area contributed by atoms with E-state index in [1.807, 2.05) is 4.90 Å². The molecular formula is C13H17ClN2O2. The average molecular weight is 269 g/mol. The zero-order chi connectivity index (χ0) is 12.8. The summed E-state index contributed by atoms with van der Waals surface area (Å²) in [6.45, 7) is 2.08. The Morgan fingerprint density at radius 3 is 2.67 bits per heavy atom. The summed E-state index contributed by atoms with van der Waals surface area (Å²) >= 11 is 5.58. The van der Waals surface area contributed by atoms with Crippen LogP contribution in [0.15, 0.2) is 24.5 Å². The minimum atomic E-state index is 0.0770. The van der Waals surface area contributed by atoms with Crippen LogP contribution in [0.25, 0.3) is 0 Å². The summed E-state index contributed by atoms with van der Waals surface area (Å²) < 4.78 is 5.59. The molecule has 18 heavy (non-hydrogen) atoms. The lowest BCUT2D eigenvalue weighted by Gasteiger charge is -2.31. The number of nitrogens with zero attached hydrogens (tertiary/aromatic N) is 2. The van der Waals surface area contributed by atoms with Crippen molar-refractivity contribution in [3.8, 4) is 0 Å². The number of rotatable bonds is 4. The van der Waals surface area contributed by atoms with E-state index in [0.717, 1.165) is 25.9 Å². The van der Waals surface area contributed by atoms with Crippen molar-refractivity contribution in [3.05, 3.63) is 30.1 Å². The number of piperidine rings is 1. The predicted molar refractivity (Wildman–Crippen MR) is 69.8 cm³/mol. The highest BCUT2D eigenvalue weighted by molar-refractivity contribution is 6.17. The molecule has 1 saturated heterocycles. The third kappa shape index (κ3) is 3.43. The second-order valence-corrected chi connectivity index (χ2v) is 4.67. The van der Waals surface area contributed by atoms with E-state index in [0.29, 0.717) is 18.1 Å². The van der Waals surface area contributed by atoms with Gasteiger partial charge in [-0.05, 0) is 25.0 Å². The Labute approximate surface area is 112 Å². The quantitative estimate of drug-likeness (QED) is 0.784. The first-order valence-corrected chi connectivity index (χ1v) is 6.71. The van der Waals surface area contributed by atoms with E-state index >= 15 is 0 Å². The maximum absolute atomic E-state index is 12.2. The number of amides is 1. The van der Waals surface area contributed by atoms with E-state index in [4.69, 9.17) is 16.3 Å². The first kappa shape index (κ1) is 13.3. The molecular weight excluding hydrogens is 252 g/mol. The van der Waals surface area contributed by atoms with Crippen LogP contribution in [-0.2, 0) is 4.74 Å². The third-order valence-electron chi connectivity index (χ3n) is 3.09. The van der Waals surface area contributed by atoms with Crippen LogP contribution in [0.4, 0.5) is 0 Å². The first-order valence-electron chi connectivity index (χ1n) is 6.18. The molecule has 1 aromatic rings. The normalized spacial score (nSPS) is 16.8. The fourth-order valence-corrected chi connectivity index (χ4v) is 2.20. The molecule has 1 fully saturated rings. The summed E-state index contributed by atoms with van der Waals surface area (Å²) in [6.07, 6.45) is 5.29. The van der Waals surface area contributed by atoms with Crippen LogP contribution >= 0.6 is 11.6 Å². The number of halogens is 1. The van der Waals surface area contributed by atoms with Gasteiger partial charge in [0, 0.05) is 36.9 Å². The lowest BCUT2D eigenvalue weighted by atomic mass is 10.1. The second kappa shape index (κ2) is 6.71. The minimum Gasteiger partial charge on any atom is -0.377 e. The highest BCUT2D eigenvalue weighted by atomic mass is 35.5. The van der Waals surface area contributed by atoms with E-state index < -0.39 is 0 Å². The van der Waals surface area contributed by atoms with Crippen molar-refractivity contribution >= 4 is 17.5 Å². The highest BCUT2D eigenvalue weighted by Gasteiger charge is 2.23. The number of aromatic nitrogens is 1. The van der Waals surface area contributed by atoms with Gasteiger partial charge in [-0.25, -0.2) is 0 Å². The van der Waals surface area contributed by atoms with Gasteiger partial charge in [0.05, 0.1) is 12.7 Å². The number of alkyl halides is 1. The van der Waals surface area contributed by atoms with Gasteiger partial charge in [-0.2, -0.15) is 0 Å². The summed E-state index contributed by atoms with van der Waals surface area (Å²) in [5.41, 5.74) is 0.699. The first-order chi connectivity index (χ1) is 8.81. The lowest BCUT2D eigenvalue weighted by Crippen LogP contribution is -2.41. The van der Waals surface area contributed by atoms with Crippen LogP contribution in [0.3, 0.4) is 0 Å². The van der Waals surface area contributed by atoms with E-state index in [9.17, 15) is 4.79 Å². The molecule has 0 atom stereocenters. The maximum atomic E-state index is 12.2. The second-order valence-electron chi connectivity index (χ2n) is 4.29. The highest BCUT2D eigenvalue weighted by Crippen LogP contribution is 2.16. The fraction of sp³-hybridized carbons (Fsp3) is 0.538. The van der Waals surface area contributed by atoms with Gasteiger partial charge in [-0.1, -0.05) is 0 Å². The standard InChI is InChI=1S/C13H17ClN2O2/c14-5-10-18-12-3-8-16(9-4-12)13(17)11-1-6-15-7-2-11/h1-2,6-7,12H,3-5,8-10H2. The van der Waals surface area contributed by atoms with E-state index in [2.05, 4.69) is 4.98 Å². The van der Waals surface area contributed by atoms with Crippen LogP contribution in [-0.4, -0.2) is 47.5 Å². The number of ether oxygens (including phenoxy) is 1. The maximum Gasteiger partial charge on any atom is 0.253 e. The molecule has 2 rings (SSSR count). The molecule has 0 N–H and O–H groups in total. The van der Waals surface area contributed by atoms with Crippen molar-refractivity contribution in [2.75, 3.05) is 25.6 Å². The Balaban J connectivity index is 1.84. The van der Waals surface area contributed by atoms with Crippen LogP contribution in [0.5, 0.6) is 0 Å². The molecule has 1 aliphatic heterocycles. The molecule has 0 bridgehead atoms. The van der Waals surface area contributed by atoms with Gasteiger partial charge in [0.25, 0.3) is 5.91 Å². The van der Waals surface area contributed by atoms with Crippen LogP contribution in [0.1, 0.15) is 23.2 Å². The Kier molecular flexibility index (Phi) is 4.96. The molecule has 1 aromatic heterocycles. The Hall–Kier alpha value is -1.13. The van der Waals surface area contributed by atoms with E-state index in [-0.39, 0.29) is 12.0 Å². The molecule has 1 amide bonds. The Bertz CT molecular complexity index is 378.